The average Bonchev–Trinajstić information content (AvgIpc) is 2.30. The summed E-state index contributed by atoms with van der Waals surface area (Å²) in [5.74, 6) is 0.763. The van der Waals surface area contributed by atoms with Crippen LogP contribution in [0, 0.1) is 17.3 Å². The first-order valence-electron chi connectivity index (χ1n) is 7.27. The number of aliphatic hydroxyl groups excluding tert-OH is 1. The molecule has 0 spiro atoms. The number of hydrogen-bond donors (Lipinski definition) is 2. The monoisotopic (exact) mass is 255 g/mol. The van der Waals surface area contributed by atoms with Gasteiger partial charge in [-0.1, -0.05) is 33.6 Å². The predicted molar refractivity (Wildman–Crippen MR) is 74.2 cm³/mol. The summed E-state index contributed by atoms with van der Waals surface area (Å²) in [7, 11) is 0. The lowest BCUT2D eigenvalue weighted by atomic mass is 9.67. The molecule has 1 rings (SSSR count). The number of nitrogens with one attached hydrogen (secondary N) is 1. The van der Waals surface area contributed by atoms with Gasteiger partial charge < -0.3 is 10.4 Å². The number of amides is 1. The molecule has 0 bridgehead atoms. The van der Waals surface area contributed by atoms with E-state index in [-0.39, 0.29) is 24.5 Å². The van der Waals surface area contributed by atoms with Crippen LogP contribution in [-0.4, -0.2) is 23.7 Å². The molecule has 0 aromatic heterocycles. The smallest absolute Gasteiger partial charge is 0.220 e. The van der Waals surface area contributed by atoms with E-state index in [0.29, 0.717) is 17.8 Å². The van der Waals surface area contributed by atoms with Gasteiger partial charge in [-0.2, -0.15) is 0 Å². The SMILES string of the molecule is CC(CO)C(C)NC(=O)CC1CCCCC1(C)C. The van der Waals surface area contributed by atoms with E-state index in [1.165, 1.54) is 25.7 Å². The van der Waals surface area contributed by atoms with Gasteiger partial charge in [-0.05, 0) is 37.0 Å². The van der Waals surface area contributed by atoms with Gasteiger partial charge in [0.15, 0.2) is 0 Å². The molecule has 0 radical (unpaired) electrons. The van der Waals surface area contributed by atoms with Crippen molar-refractivity contribution in [2.45, 2.75) is 65.8 Å². The molecule has 1 fully saturated rings. The summed E-state index contributed by atoms with van der Waals surface area (Å²) in [5.41, 5.74) is 0.293. The van der Waals surface area contributed by atoms with Gasteiger partial charge in [0.1, 0.15) is 0 Å². The molecule has 0 saturated heterocycles. The van der Waals surface area contributed by atoms with Crippen LogP contribution in [0.2, 0.25) is 0 Å². The van der Waals surface area contributed by atoms with Gasteiger partial charge in [0, 0.05) is 19.1 Å². The second-order valence-corrected chi connectivity index (χ2v) is 6.65. The first-order chi connectivity index (χ1) is 8.36. The van der Waals surface area contributed by atoms with Crippen LogP contribution in [0.25, 0.3) is 0 Å². The van der Waals surface area contributed by atoms with Crippen molar-refractivity contribution >= 4 is 5.91 Å². The van der Waals surface area contributed by atoms with Gasteiger partial charge in [-0.15, -0.1) is 0 Å². The lowest BCUT2D eigenvalue weighted by Gasteiger charge is -2.38. The summed E-state index contributed by atoms with van der Waals surface area (Å²) in [6, 6.07) is 0.0502. The minimum Gasteiger partial charge on any atom is -0.396 e. The summed E-state index contributed by atoms with van der Waals surface area (Å²) >= 11 is 0. The molecule has 1 aliphatic rings. The standard InChI is InChI=1S/C15H29NO2/c1-11(10-17)12(2)16-14(18)9-13-7-5-6-8-15(13,3)4/h11-13,17H,5-10H2,1-4H3,(H,16,18). The normalized spacial score (nSPS) is 26.4. The Morgan fingerprint density at radius 3 is 2.61 bits per heavy atom. The zero-order chi connectivity index (χ0) is 13.8. The van der Waals surface area contributed by atoms with Crippen LogP contribution in [0.3, 0.4) is 0 Å². The Kier molecular flexibility index (Phi) is 5.64. The molecular weight excluding hydrogens is 226 g/mol. The molecular formula is C15H29NO2. The summed E-state index contributed by atoms with van der Waals surface area (Å²) in [5, 5.41) is 12.1. The van der Waals surface area contributed by atoms with E-state index in [0.717, 1.165) is 0 Å². The third kappa shape index (κ3) is 4.27. The molecule has 3 nitrogen and oxygen atoms in total. The van der Waals surface area contributed by atoms with Crippen LogP contribution in [0.1, 0.15) is 59.8 Å². The van der Waals surface area contributed by atoms with E-state index in [2.05, 4.69) is 19.2 Å². The molecule has 18 heavy (non-hydrogen) atoms. The summed E-state index contributed by atoms with van der Waals surface area (Å²) in [4.78, 5) is 12.0. The Morgan fingerprint density at radius 1 is 1.39 bits per heavy atom. The number of carbonyl (C=O) groups excluding carboxylic acids is 1. The van der Waals surface area contributed by atoms with Gasteiger partial charge >= 0.3 is 0 Å². The number of hydrogen-bond acceptors (Lipinski definition) is 2. The van der Waals surface area contributed by atoms with Crippen molar-refractivity contribution in [1.82, 2.24) is 5.32 Å². The highest BCUT2D eigenvalue weighted by Gasteiger charge is 2.33. The quantitative estimate of drug-likeness (QED) is 0.793. The van der Waals surface area contributed by atoms with Crippen LogP contribution < -0.4 is 5.32 Å². The minimum atomic E-state index is 0.0502. The maximum Gasteiger partial charge on any atom is 0.220 e. The molecule has 1 amide bonds. The second-order valence-electron chi connectivity index (χ2n) is 6.65. The van der Waals surface area contributed by atoms with Crippen molar-refractivity contribution in [3.8, 4) is 0 Å². The lowest BCUT2D eigenvalue weighted by Crippen LogP contribution is -2.41. The predicted octanol–water partition coefficient (Wildman–Crippen LogP) is 2.73. The van der Waals surface area contributed by atoms with Crippen LogP contribution in [0.4, 0.5) is 0 Å². The van der Waals surface area contributed by atoms with Crippen LogP contribution in [0.5, 0.6) is 0 Å². The molecule has 2 N–H and O–H groups in total. The fourth-order valence-electron chi connectivity index (χ4n) is 2.78. The zero-order valence-corrected chi connectivity index (χ0v) is 12.3. The van der Waals surface area contributed by atoms with Crippen molar-refractivity contribution in [3.05, 3.63) is 0 Å². The van der Waals surface area contributed by atoms with Crippen LogP contribution in [-0.2, 0) is 4.79 Å². The van der Waals surface area contributed by atoms with Gasteiger partial charge in [-0.25, -0.2) is 0 Å². The molecule has 1 saturated carbocycles. The Labute approximate surface area is 111 Å². The Bertz CT molecular complexity index is 276. The van der Waals surface area contributed by atoms with Crippen LogP contribution >= 0.6 is 0 Å². The molecule has 3 atom stereocenters. The van der Waals surface area contributed by atoms with Crippen molar-refractivity contribution in [2.75, 3.05) is 6.61 Å². The largest absolute Gasteiger partial charge is 0.396 e. The molecule has 106 valence electrons. The summed E-state index contributed by atoms with van der Waals surface area (Å²) in [6.45, 7) is 8.60. The number of aliphatic hydroxyl groups is 1. The van der Waals surface area contributed by atoms with Crippen LogP contribution in [0.15, 0.2) is 0 Å². The molecule has 0 aromatic rings. The fraction of sp³-hybridized carbons (Fsp3) is 0.933. The molecule has 0 aromatic carbocycles. The van der Waals surface area contributed by atoms with E-state index in [1.54, 1.807) is 0 Å². The third-order valence-corrected chi connectivity index (χ3v) is 4.69. The number of carbonyl (C=O) groups is 1. The molecule has 3 heteroatoms. The van der Waals surface area contributed by atoms with E-state index < -0.39 is 0 Å². The highest BCUT2D eigenvalue weighted by Crippen LogP contribution is 2.42. The van der Waals surface area contributed by atoms with Gasteiger partial charge in [0.25, 0.3) is 0 Å². The third-order valence-electron chi connectivity index (χ3n) is 4.69. The Balaban J connectivity index is 2.44. The minimum absolute atomic E-state index is 0.0502. The van der Waals surface area contributed by atoms with E-state index in [1.807, 2.05) is 13.8 Å². The van der Waals surface area contributed by atoms with Crippen molar-refractivity contribution in [1.29, 1.82) is 0 Å². The first-order valence-corrected chi connectivity index (χ1v) is 7.27. The maximum atomic E-state index is 12.0. The van der Waals surface area contributed by atoms with Gasteiger partial charge in [0.05, 0.1) is 0 Å². The highest BCUT2D eigenvalue weighted by atomic mass is 16.3. The Hall–Kier alpha value is -0.570. The highest BCUT2D eigenvalue weighted by molar-refractivity contribution is 5.76. The van der Waals surface area contributed by atoms with Gasteiger partial charge in [0.2, 0.25) is 5.91 Å². The molecule has 0 heterocycles. The second kappa shape index (κ2) is 6.55. The summed E-state index contributed by atoms with van der Waals surface area (Å²) in [6.07, 6.45) is 5.58. The average molecular weight is 255 g/mol. The molecule has 3 unspecified atom stereocenters. The first kappa shape index (κ1) is 15.5. The van der Waals surface area contributed by atoms with E-state index >= 15 is 0 Å². The van der Waals surface area contributed by atoms with Crippen molar-refractivity contribution in [3.63, 3.8) is 0 Å². The van der Waals surface area contributed by atoms with Gasteiger partial charge in [-0.3, -0.25) is 4.79 Å². The number of rotatable bonds is 5. The lowest BCUT2D eigenvalue weighted by molar-refractivity contribution is -0.124. The van der Waals surface area contributed by atoms with E-state index in [4.69, 9.17) is 5.11 Å². The zero-order valence-electron chi connectivity index (χ0n) is 12.3. The Morgan fingerprint density at radius 2 is 2.06 bits per heavy atom. The molecule has 0 aliphatic heterocycles. The van der Waals surface area contributed by atoms with Crippen molar-refractivity contribution in [2.24, 2.45) is 17.3 Å². The topological polar surface area (TPSA) is 49.3 Å². The fourth-order valence-corrected chi connectivity index (χ4v) is 2.78. The maximum absolute atomic E-state index is 12.0. The van der Waals surface area contributed by atoms with E-state index in [9.17, 15) is 4.79 Å². The molecule has 1 aliphatic carbocycles. The summed E-state index contributed by atoms with van der Waals surface area (Å²) < 4.78 is 0. The van der Waals surface area contributed by atoms with Crippen molar-refractivity contribution < 1.29 is 9.90 Å².